The molecule has 2 aromatic heterocycles. The van der Waals surface area contributed by atoms with Crippen LogP contribution in [0.4, 0.5) is 9.80 Å². The Kier molecular flexibility index (Phi) is 5.40. The highest BCUT2D eigenvalue weighted by Crippen LogP contribution is 2.36. The zero-order chi connectivity index (χ0) is 16.1. The predicted molar refractivity (Wildman–Crippen MR) is 87.8 cm³/mol. The van der Waals surface area contributed by atoms with Crippen molar-refractivity contribution in [3.05, 3.63) is 41.0 Å². The van der Waals surface area contributed by atoms with Crippen LogP contribution in [0, 0.1) is 0 Å². The van der Waals surface area contributed by atoms with Crippen molar-refractivity contribution in [3.8, 4) is 0 Å². The molecule has 0 aliphatic heterocycles. The minimum absolute atomic E-state index is 0.133. The first kappa shape index (κ1) is 16.3. The lowest BCUT2D eigenvalue weighted by molar-refractivity contribution is 0.0695. The summed E-state index contributed by atoms with van der Waals surface area (Å²) in [7, 11) is 3.20. The van der Waals surface area contributed by atoms with Gasteiger partial charge < -0.3 is 10.0 Å². The van der Waals surface area contributed by atoms with Gasteiger partial charge in [0.05, 0.1) is 0 Å². The van der Waals surface area contributed by atoms with Gasteiger partial charge in [-0.1, -0.05) is 6.07 Å². The van der Waals surface area contributed by atoms with E-state index in [1.54, 1.807) is 31.9 Å². The topological polar surface area (TPSA) is 82.5 Å². The number of thiophene rings is 1. The number of carboxylic acid groups (broad SMARTS) is 1. The van der Waals surface area contributed by atoms with E-state index in [1.165, 1.54) is 28.0 Å². The highest BCUT2D eigenvalue weighted by molar-refractivity contribution is 7.98. The molecule has 0 fully saturated rings. The maximum Gasteiger partial charge on any atom is 0.339 e. The Bertz CT molecular complexity index is 671. The summed E-state index contributed by atoms with van der Waals surface area (Å²) in [5, 5.41) is 14.1. The van der Waals surface area contributed by atoms with E-state index in [-0.39, 0.29) is 11.6 Å². The summed E-state index contributed by atoms with van der Waals surface area (Å²) >= 11 is 2.62. The molecule has 116 valence electrons. The van der Waals surface area contributed by atoms with Gasteiger partial charge >= 0.3 is 12.0 Å². The number of carbonyl (C=O) groups excluding carboxylic acids is 1. The highest BCUT2D eigenvalue weighted by atomic mass is 32.2. The molecule has 0 aliphatic carbocycles. The number of carboxylic acids is 1. The van der Waals surface area contributed by atoms with Crippen molar-refractivity contribution in [1.29, 1.82) is 0 Å². The van der Waals surface area contributed by atoms with Gasteiger partial charge in [0, 0.05) is 42.5 Å². The fourth-order valence-electron chi connectivity index (χ4n) is 1.60. The Morgan fingerprint density at radius 2 is 2.23 bits per heavy atom. The number of aromatic nitrogens is 1. The van der Waals surface area contributed by atoms with Gasteiger partial charge in [-0.15, -0.1) is 23.1 Å². The van der Waals surface area contributed by atoms with Crippen molar-refractivity contribution in [3.63, 3.8) is 0 Å². The molecule has 2 rings (SSSR count). The van der Waals surface area contributed by atoms with Crippen LogP contribution in [0.3, 0.4) is 0 Å². The molecule has 6 nitrogen and oxygen atoms in total. The molecule has 2 amide bonds. The van der Waals surface area contributed by atoms with Crippen molar-refractivity contribution in [2.24, 2.45) is 0 Å². The van der Waals surface area contributed by atoms with Crippen molar-refractivity contribution >= 4 is 40.1 Å². The van der Waals surface area contributed by atoms with E-state index in [4.69, 9.17) is 0 Å². The van der Waals surface area contributed by atoms with Gasteiger partial charge in [-0.3, -0.25) is 10.3 Å². The lowest BCUT2D eigenvalue weighted by atomic mass is 10.3. The maximum atomic E-state index is 11.7. The molecule has 0 atom stereocenters. The van der Waals surface area contributed by atoms with Crippen LogP contribution in [0.25, 0.3) is 0 Å². The average molecular weight is 337 g/mol. The Morgan fingerprint density at radius 1 is 1.45 bits per heavy atom. The summed E-state index contributed by atoms with van der Waals surface area (Å²) in [5.41, 5.74) is 1.14. The number of anilines is 1. The number of pyridine rings is 1. The van der Waals surface area contributed by atoms with Crippen molar-refractivity contribution in [2.75, 3.05) is 19.4 Å². The largest absolute Gasteiger partial charge is 0.478 e. The molecule has 0 bridgehead atoms. The normalized spacial score (nSPS) is 10.3. The van der Waals surface area contributed by atoms with Gasteiger partial charge in [-0.05, 0) is 11.6 Å². The number of rotatable bonds is 5. The van der Waals surface area contributed by atoms with Crippen molar-refractivity contribution < 1.29 is 14.7 Å². The Morgan fingerprint density at radius 3 is 2.82 bits per heavy atom. The molecule has 2 N–H and O–H groups in total. The number of hydrogen-bond acceptors (Lipinski definition) is 5. The number of carbonyl (C=O) groups is 2. The predicted octanol–water partition coefficient (Wildman–Crippen LogP) is 3.23. The second-order valence-electron chi connectivity index (χ2n) is 4.58. The van der Waals surface area contributed by atoms with Crippen LogP contribution in [0.2, 0.25) is 0 Å². The van der Waals surface area contributed by atoms with Gasteiger partial charge in [0.2, 0.25) is 0 Å². The number of urea groups is 1. The zero-order valence-corrected chi connectivity index (χ0v) is 13.7. The SMILES string of the molecule is CN(C)C(=O)Nc1scc(SCc2cccnc2)c1C(=O)O. The molecule has 2 aromatic rings. The summed E-state index contributed by atoms with van der Waals surface area (Å²) in [6.07, 6.45) is 3.44. The smallest absolute Gasteiger partial charge is 0.339 e. The average Bonchev–Trinajstić information content (AvgIpc) is 2.89. The number of hydrogen-bond donors (Lipinski definition) is 2. The lowest BCUT2D eigenvalue weighted by Gasteiger charge is -2.11. The molecular weight excluding hydrogens is 322 g/mol. The number of thioether (sulfide) groups is 1. The fourth-order valence-corrected chi connectivity index (χ4v) is 3.71. The molecule has 0 aliphatic rings. The standard InChI is InChI=1S/C14H15N3O3S2/c1-17(2)14(20)16-12-11(13(18)19)10(8-22-12)21-7-9-4-3-5-15-6-9/h3-6,8H,7H2,1-2H3,(H,16,20)(H,18,19). The first-order chi connectivity index (χ1) is 10.5. The van der Waals surface area contributed by atoms with E-state index >= 15 is 0 Å². The van der Waals surface area contributed by atoms with Crippen LogP contribution < -0.4 is 5.32 Å². The van der Waals surface area contributed by atoms with Crippen LogP contribution in [0.15, 0.2) is 34.8 Å². The van der Waals surface area contributed by atoms with Gasteiger partial charge in [-0.2, -0.15) is 0 Å². The van der Waals surface area contributed by atoms with E-state index in [2.05, 4.69) is 10.3 Å². The van der Waals surface area contributed by atoms with Gasteiger partial charge in [0.1, 0.15) is 10.6 Å². The van der Waals surface area contributed by atoms with Crippen LogP contribution >= 0.6 is 23.1 Å². The van der Waals surface area contributed by atoms with E-state index < -0.39 is 5.97 Å². The third-order valence-electron chi connectivity index (χ3n) is 2.71. The molecule has 0 spiro atoms. The van der Waals surface area contributed by atoms with Crippen LogP contribution in [-0.2, 0) is 5.75 Å². The molecule has 22 heavy (non-hydrogen) atoms. The van der Waals surface area contributed by atoms with Crippen LogP contribution in [0.5, 0.6) is 0 Å². The molecule has 0 unspecified atom stereocenters. The van der Waals surface area contributed by atoms with Gasteiger partial charge in [0.15, 0.2) is 0 Å². The first-order valence-electron chi connectivity index (χ1n) is 6.34. The first-order valence-corrected chi connectivity index (χ1v) is 8.20. The number of nitrogens with one attached hydrogen (secondary N) is 1. The van der Waals surface area contributed by atoms with E-state index in [1.807, 2.05) is 12.1 Å². The highest BCUT2D eigenvalue weighted by Gasteiger charge is 2.20. The molecule has 0 saturated heterocycles. The zero-order valence-electron chi connectivity index (χ0n) is 12.1. The molecule has 0 radical (unpaired) electrons. The van der Waals surface area contributed by atoms with Crippen molar-refractivity contribution in [2.45, 2.75) is 10.6 Å². The second-order valence-corrected chi connectivity index (χ2v) is 6.48. The minimum Gasteiger partial charge on any atom is -0.478 e. The monoisotopic (exact) mass is 337 g/mol. The molecule has 0 aromatic carbocycles. The third-order valence-corrected chi connectivity index (χ3v) is 4.87. The Labute approximate surface area is 136 Å². The summed E-state index contributed by atoms with van der Waals surface area (Å²) in [6, 6.07) is 3.42. The summed E-state index contributed by atoms with van der Waals surface area (Å²) in [6.45, 7) is 0. The quantitative estimate of drug-likeness (QED) is 0.819. The molecule has 8 heteroatoms. The summed E-state index contributed by atoms with van der Waals surface area (Å²) < 4.78 is 0. The minimum atomic E-state index is -1.05. The summed E-state index contributed by atoms with van der Waals surface area (Å²) in [5.74, 6) is -0.435. The van der Waals surface area contributed by atoms with Crippen LogP contribution in [-0.4, -0.2) is 41.1 Å². The molecular formula is C14H15N3O3S2. The van der Waals surface area contributed by atoms with Gasteiger partial charge in [0.25, 0.3) is 0 Å². The second kappa shape index (κ2) is 7.28. The van der Waals surface area contributed by atoms with Crippen LogP contribution in [0.1, 0.15) is 15.9 Å². The number of amides is 2. The number of nitrogens with zero attached hydrogens (tertiary/aromatic N) is 2. The Balaban J connectivity index is 2.16. The molecule has 2 heterocycles. The third kappa shape index (κ3) is 3.99. The van der Waals surface area contributed by atoms with E-state index in [0.29, 0.717) is 15.6 Å². The Hall–Kier alpha value is -2.06. The molecule has 0 saturated carbocycles. The van der Waals surface area contributed by atoms with E-state index in [0.717, 1.165) is 5.56 Å². The maximum absolute atomic E-state index is 11.7. The van der Waals surface area contributed by atoms with E-state index in [9.17, 15) is 14.7 Å². The number of aromatic carboxylic acids is 1. The van der Waals surface area contributed by atoms with Gasteiger partial charge in [-0.25, -0.2) is 9.59 Å². The fraction of sp³-hybridized carbons (Fsp3) is 0.214. The van der Waals surface area contributed by atoms with Crippen molar-refractivity contribution in [1.82, 2.24) is 9.88 Å². The lowest BCUT2D eigenvalue weighted by Crippen LogP contribution is -2.27. The summed E-state index contributed by atoms with van der Waals surface area (Å²) in [4.78, 5) is 29.2.